The molecule has 0 aromatic heterocycles. The third-order valence-corrected chi connectivity index (χ3v) is 12.2. The number of hydrogen-bond acceptors (Lipinski definition) is 0. The zero-order valence-corrected chi connectivity index (χ0v) is 31.0. The number of fused-ring (bicyclic) bond motifs is 8. The molecule has 258 valence electrons. The van der Waals surface area contributed by atoms with Crippen molar-refractivity contribution in [2.45, 2.75) is 19.3 Å². The van der Waals surface area contributed by atoms with E-state index >= 15 is 0 Å². The number of benzene rings is 10. The van der Waals surface area contributed by atoms with Crippen LogP contribution in [0.15, 0.2) is 194 Å². The molecule has 0 heterocycles. The molecule has 0 unspecified atom stereocenters. The fraction of sp³-hybridized carbons (Fsp3) is 0.0545. The zero-order chi connectivity index (χ0) is 36.7. The lowest BCUT2D eigenvalue weighted by atomic mass is 9.80. The van der Waals surface area contributed by atoms with Gasteiger partial charge < -0.3 is 0 Å². The predicted octanol–water partition coefficient (Wildman–Crippen LogP) is 15.3. The lowest BCUT2D eigenvalue weighted by molar-refractivity contribution is 0.666. The van der Waals surface area contributed by atoms with Crippen molar-refractivity contribution in [3.63, 3.8) is 0 Å². The first-order chi connectivity index (χ1) is 27.0. The second-order valence-corrected chi connectivity index (χ2v) is 15.7. The molecule has 1 aliphatic carbocycles. The van der Waals surface area contributed by atoms with E-state index in [0.29, 0.717) is 0 Å². The van der Waals surface area contributed by atoms with Crippen LogP contribution >= 0.6 is 0 Å². The van der Waals surface area contributed by atoms with Crippen molar-refractivity contribution in [1.82, 2.24) is 0 Å². The van der Waals surface area contributed by atoms with Crippen LogP contribution in [0, 0.1) is 0 Å². The van der Waals surface area contributed by atoms with Crippen LogP contribution in [0.1, 0.15) is 25.0 Å². The van der Waals surface area contributed by atoms with Gasteiger partial charge in [-0.25, -0.2) is 0 Å². The Morgan fingerprint density at radius 3 is 1.49 bits per heavy atom. The van der Waals surface area contributed by atoms with Gasteiger partial charge >= 0.3 is 0 Å². The third-order valence-electron chi connectivity index (χ3n) is 12.2. The molecule has 0 N–H and O–H groups in total. The summed E-state index contributed by atoms with van der Waals surface area (Å²) in [5.41, 5.74) is 15.4. The van der Waals surface area contributed by atoms with E-state index in [1.807, 2.05) is 0 Å². The van der Waals surface area contributed by atoms with Gasteiger partial charge in [0, 0.05) is 5.41 Å². The van der Waals surface area contributed by atoms with Crippen LogP contribution in [0.25, 0.3) is 98.7 Å². The summed E-state index contributed by atoms with van der Waals surface area (Å²) in [5, 5.41) is 10.3. The molecule has 10 aromatic rings. The average Bonchev–Trinajstić information content (AvgIpc) is 3.48. The summed E-state index contributed by atoms with van der Waals surface area (Å²) in [6.07, 6.45) is 0. The van der Waals surface area contributed by atoms with E-state index in [2.05, 4.69) is 208 Å². The van der Waals surface area contributed by atoms with E-state index in [1.165, 1.54) is 110 Å². The summed E-state index contributed by atoms with van der Waals surface area (Å²) >= 11 is 0. The van der Waals surface area contributed by atoms with Crippen molar-refractivity contribution in [1.29, 1.82) is 0 Å². The van der Waals surface area contributed by atoms with Crippen LogP contribution < -0.4 is 0 Å². The van der Waals surface area contributed by atoms with E-state index in [0.717, 1.165) is 0 Å². The molecular weight excluding hydrogens is 661 g/mol. The maximum atomic E-state index is 2.43. The van der Waals surface area contributed by atoms with E-state index < -0.39 is 0 Å². The molecule has 0 spiro atoms. The summed E-state index contributed by atoms with van der Waals surface area (Å²) in [6, 6.07) is 72.1. The minimum absolute atomic E-state index is 0.0672. The molecule has 10 aromatic carbocycles. The maximum Gasteiger partial charge on any atom is 0.0165 e. The lowest BCUT2D eigenvalue weighted by Crippen LogP contribution is -2.15. The fourth-order valence-electron chi connectivity index (χ4n) is 9.60. The van der Waals surface area contributed by atoms with Gasteiger partial charge in [-0.05, 0) is 128 Å². The highest BCUT2D eigenvalue weighted by Crippen LogP contribution is 2.52. The van der Waals surface area contributed by atoms with E-state index in [-0.39, 0.29) is 5.41 Å². The molecule has 0 heteroatoms. The van der Waals surface area contributed by atoms with Crippen molar-refractivity contribution in [2.24, 2.45) is 0 Å². The minimum Gasteiger partial charge on any atom is -0.0616 e. The summed E-state index contributed by atoms with van der Waals surface area (Å²) < 4.78 is 0. The Morgan fingerprint density at radius 2 is 0.782 bits per heavy atom. The first-order valence-corrected chi connectivity index (χ1v) is 19.3. The molecule has 0 bridgehead atoms. The normalized spacial score (nSPS) is 13.1. The van der Waals surface area contributed by atoms with Crippen molar-refractivity contribution < 1.29 is 0 Å². The van der Waals surface area contributed by atoms with Gasteiger partial charge in [0.15, 0.2) is 0 Å². The van der Waals surface area contributed by atoms with Crippen LogP contribution in [-0.4, -0.2) is 0 Å². The monoisotopic (exact) mass is 698 g/mol. The van der Waals surface area contributed by atoms with Crippen molar-refractivity contribution in [3.8, 4) is 55.6 Å². The van der Waals surface area contributed by atoms with Crippen LogP contribution in [0.5, 0.6) is 0 Å². The molecule has 0 aliphatic heterocycles. The van der Waals surface area contributed by atoms with Gasteiger partial charge in [-0.15, -0.1) is 0 Å². The Kier molecular flexibility index (Phi) is 7.00. The molecule has 0 nitrogen and oxygen atoms in total. The SMILES string of the molecule is CC1(C)c2ccc(-c3cccc(-c4c5ccccc5c(-c5ccc(-c6ccc7ccccc7c6)cc5)c5ccccc45)c3)cc2-c2ccc3ccccc3c21. The Labute approximate surface area is 322 Å². The van der Waals surface area contributed by atoms with Crippen LogP contribution in [-0.2, 0) is 5.41 Å². The molecule has 55 heavy (non-hydrogen) atoms. The Bertz CT molecular complexity index is 3100. The van der Waals surface area contributed by atoms with Gasteiger partial charge in [0.1, 0.15) is 0 Å². The largest absolute Gasteiger partial charge is 0.0616 e. The summed E-state index contributed by atoms with van der Waals surface area (Å²) in [5.74, 6) is 0. The van der Waals surface area contributed by atoms with Gasteiger partial charge in [-0.1, -0.05) is 190 Å². The molecular formula is C55H38. The van der Waals surface area contributed by atoms with Crippen LogP contribution in [0.2, 0.25) is 0 Å². The summed E-state index contributed by atoms with van der Waals surface area (Å²) in [7, 11) is 0. The highest BCUT2D eigenvalue weighted by Gasteiger charge is 2.37. The van der Waals surface area contributed by atoms with Gasteiger partial charge in [-0.2, -0.15) is 0 Å². The first-order valence-electron chi connectivity index (χ1n) is 19.3. The Balaban J connectivity index is 1.04. The smallest absolute Gasteiger partial charge is 0.0165 e. The van der Waals surface area contributed by atoms with Gasteiger partial charge in [0.25, 0.3) is 0 Å². The molecule has 0 saturated carbocycles. The highest BCUT2D eigenvalue weighted by molar-refractivity contribution is 6.21. The third kappa shape index (κ3) is 4.92. The van der Waals surface area contributed by atoms with Gasteiger partial charge in [-0.3, -0.25) is 0 Å². The molecule has 0 radical (unpaired) electrons. The van der Waals surface area contributed by atoms with Crippen LogP contribution in [0.3, 0.4) is 0 Å². The van der Waals surface area contributed by atoms with Crippen molar-refractivity contribution in [2.75, 3.05) is 0 Å². The van der Waals surface area contributed by atoms with Gasteiger partial charge in [0.2, 0.25) is 0 Å². The van der Waals surface area contributed by atoms with Crippen molar-refractivity contribution >= 4 is 43.1 Å². The number of hydrogen-bond donors (Lipinski definition) is 0. The minimum atomic E-state index is -0.0672. The van der Waals surface area contributed by atoms with E-state index in [4.69, 9.17) is 0 Å². The van der Waals surface area contributed by atoms with E-state index in [1.54, 1.807) is 0 Å². The summed E-state index contributed by atoms with van der Waals surface area (Å²) in [6.45, 7) is 4.76. The molecule has 0 fully saturated rings. The second-order valence-electron chi connectivity index (χ2n) is 15.7. The van der Waals surface area contributed by atoms with Crippen LogP contribution in [0.4, 0.5) is 0 Å². The van der Waals surface area contributed by atoms with E-state index in [9.17, 15) is 0 Å². The fourth-order valence-corrected chi connectivity index (χ4v) is 9.60. The molecule has 0 amide bonds. The quantitative estimate of drug-likeness (QED) is 0.161. The Hall–Kier alpha value is -6.76. The summed E-state index contributed by atoms with van der Waals surface area (Å²) in [4.78, 5) is 0. The van der Waals surface area contributed by atoms with Crippen molar-refractivity contribution in [3.05, 3.63) is 205 Å². The second kappa shape index (κ2) is 12.1. The molecule has 0 saturated heterocycles. The molecule has 11 rings (SSSR count). The topological polar surface area (TPSA) is 0 Å². The lowest BCUT2D eigenvalue weighted by Gasteiger charge is -2.23. The number of rotatable bonds is 4. The maximum absolute atomic E-state index is 2.43. The zero-order valence-electron chi connectivity index (χ0n) is 31.0. The predicted molar refractivity (Wildman–Crippen MR) is 236 cm³/mol. The van der Waals surface area contributed by atoms with Gasteiger partial charge in [0.05, 0.1) is 0 Å². The average molecular weight is 699 g/mol. The molecule has 1 aliphatic rings. The first kappa shape index (κ1) is 31.7. The molecule has 0 atom stereocenters. The highest BCUT2D eigenvalue weighted by atomic mass is 14.4. The Morgan fingerprint density at radius 1 is 0.291 bits per heavy atom. The standard InChI is InChI=1S/C55H38/c1-55(2)51-31-29-42(34-50(51)49-30-28-37-13-5-6-17-44(37)54(49)55)40-15-11-16-43(33-40)53-47-20-9-7-18-45(47)52(46-19-8-10-21-48(46)53)38-25-22-36(23-26-38)41-27-24-35-12-3-4-14-39(35)32-41/h3-34H,1-2H3.